The molecule has 3 heteroatoms. The van der Waals surface area contributed by atoms with Crippen molar-refractivity contribution >= 4 is 29.6 Å². The summed E-state index contributed by atoms with van der Waals surface area (Å²) in [6, 6.07) is 5.83. The second kappa shape index (κ2) is 4.65. The first-order valence-electron chi connectivity index (χ1n) is 6.55. The maximum absolute atomic E-state index is 12.1. The monoisotopic (exact) mass is 256 g/mol. The van der Waals surface area contributed by atoms with Crippen LogP contribution in [0.15, 0.2) is 29.3 Å². The molecule has 0 aromatic heterocycles. The molecule has 0 aliphatic carbocycles. The molecule has 0 radical (unpaired) electrons. The van der Waals surface area contributed by atoms with Gasteiger partial charge in [0, 0.05) is 12.5 Å². The number of hydrogen-bond acceptors (Lipinski definition) is 2. The first-order valence-corrected chi connectivity index (χ1v) is 6.55. The van der Waals surface area contributed by atoms with E-state index in [1.165, 1.54) is 0 Å². The van der Waals surface area contributed by atoms with Crippen LogP contribution in [0.5, 0.6) is 0 Å². The van der Waals surface area contributed by atoms with Gasteiger partial charge in [-0.2, -0.15) is 0 Å². The SMILES string of the molecule is C=Nc1cccc2c1C(C)=CC(C)(CC)N2C(C)=O. The Morgan fingerprint density at radius 3 is 2.68 bits per heavy atom. The summed E-state index contributed by atoms with van der Waals surface area (Å²) in [5.74, 6) is 0.0514. The topological polar surface area (TPSA) is 32.7 Å². The normalized spacial score (nSPS) is 21.7. The molecule has 100 valence electrons. The van der Waals surface area contributed by atoms with Gasteiger partial charge in [-0.1, -0.05) is 19.1 Å². The minimum absolute atomic E-state index is 0.0514. The molecule has 1 amide bonds. The van der Waals surface area contributed by atoms with Gasteiger partial charge in [0.1, 0.15) is 0 Å². The standard InChI is InChI=1S/C16H20N2O/c1-6-16(4)10-11(2)15-13(17-5)8-7-9-14(15)18(16)12(3)19/h7-10H,5-6H2,1-4H3. The second-order valence-electron chi connectivity index (χ2n) is 5.22. The van der Waals surface area contributed by atoms with E-state index in [1.807, 2.05) is 23.1 Å². The number of aliphatic imine (C=N–C) groups is 1. The molecule has 2 rings (SSSR count). The van der Waals surface area contributed by atoms with Crippen molar-refractivity contribution in [3.05, 3.63) is 29.8 Å². The number of fused-ring (bicyclic) bond motifs is 1. The van der Waals surface area contributed by atoms with Gasteiger partial charge in [0.25, 0.3) is 0 Å². The molecule has 1 atom stereocenters. The summed E-state index contributed by atoms with van der Waals surface area (Å²) < 4.78 is 0. The van der Waals surface area contributed by atoms with E-state index >= 15 is 0 Å². The van der Waals surface area contributed by atoms with E-state index in [9.17, 15) is 4.79 Å². The fourth-order valence-electron chi connectivity index (χ4n) is 2.92. The molecule has 0 saturated carbocycles. The molecular formula is C16H20N2O. The minimum Gasteiger partial charge on any atom is -0.303 e. The average molecular weight is 256 g/mol. The Hall–Kier alpha value is -1.90. The van der Waals surface area contributed by atoms with Crippen LogP contribution in [0.3, 0.4) is 0 Å². The molecule has 1 aliphatic rings. The molecule has 0 N–H and O–H groups in total. The van der Waals surface area contributed by atoms with E-state index in [0.717, 1.165) is 28.9 Å². The molecule has 1 aromatic carbocycles. The highest BCUT2D eigenvalue weighted by Crippen LogP contribution is 2.44. The van der Waals surface area contributed by atoms with Gasteiger partial charge in [-0.3, -0.25) is 9.79 Å². The number of allylic oxidation sites excluding steroid dienone is 1. The molecule has 0 spiro atoms. The molecule has 19 heavy (non-hydrogen) atoms. The summed E-state index contributed by atoms with van der Waals surface area (Å²) in [7, 11) is 0. The van der Waals surface area contributed by atoms with Gasteiger partial charge in [0.2, 0.25) is 5.91 Å². The smallest absolute Gasteiger partial charge is 0.224 e. The molecule has 0 saturated heterocycles. The highest BCUT2D eigenvalue weighted by molar-refractivity contribution is 6.01. The maximum atomic E-state index is 12.1. The van der Waals surface area contributed by atoms with Gasteiger partial charge >= 0.3 is 0 Å². The lowest BCUT2D eigenvalue weighted by molar-refractivity contribution is -0.117. The summed E-state index contributed by atoms with van der Waals surface area (Å²) in [6.07, 6.45) is 3.03. The maximum Gasteiger partial charge on any atom is 0.224 e. The van der Waals surface area contributed by atoms with Crippen LogP contribution in [0.1, 0.15) is 39.7 Å². The Kier molecular flexibility index (Phi) is 3.31. The predicted molar refractivity (Wildman–Crippen MR) is 81.2 cm³/mol. The molecule has 1 heterocycles. The summed E-state index contributed by atoms with van der Waals surface area (Å²) >= 11 is 0. The van der Waals surface area contributed by atoms with E-state index < -0.39 is 0 Å². The van der Waals surface area contributed by atoms with E-state index in [1.54, 1.807) is 6.92 Å². The number of rotatable bonds is 2. The number of carbonyl (C=O) groups is 1. The van der Waals surface area contributed by atoms with Crippen LogP contribution < -0.4 is 4.90 Å². The average Bonchev–Trinajstić information content (AvgIpc) is 2.37. The van der Waals surface area contributed by atoms with E-state index in [0.29, 0.717) is 0 Å². The fourth-order valence-corrected chi connectivity index (χ4v) is 2.92. The van der Waals surface area contributed by atoms with Crippen LogP contribution in [0.4, 0.5) is 11.4 Å². The lowest BCUT2D eigenvalue weighted by atomic mass is 9.85. The fraction of sp³-hybridized carbons (Fsp3) is 0.375. The molecule has 0 fully saturated rings. The Bertz CT molecular complexity index is 574. The van der Waals surface area contributed by atoms with Gasteiger partial charge in [-0.15, -0.1) is 0 Å². The van der Waals surface area contributed by atoms with Gasteiger partial charge in [-0.05, 0) is 44.7 Å². The van der Waals surface area contributed by atoms with Crippen molar-refractivity contribution in [1.82, 2.24) is 0 Å². The first kappa shape index (κ1) is 13.5. The Morgan fingerprint density at radius 1 is 1.47 bits per heavy atom. The summed E-state index contributed by atoms with van der Waals surface area (Å²) in [5, 5.41) is 0. The van der Waals surface area contributed by atoms with Crippen LogP contribution in [-0.2, 0) is 4.79 Å². The van der Waals surface area contributed by atoms with Gasteiger partial charge in [-0.25, -0.2) is 0 Å². The lowest BCUT2D eigenvalue weighted by Crippen LogP contribution is -2.49. The number of amides is 1. The summed E-state index contributed by atoms with van der Waals surface area (Å²) in [6.45, 7) is 11.5. The van der Waals surface area contributed by atoms with Crippen molar-refractivity contribution < 1.29 is 4.79 Å². The molecule has 0 bridgehead atoms. The van der Waals surface area contributed by atoms with Crippen molar-refractivity contribution in [2.45, 2.75) is 39.7 Å². The zero-order valence-electron chi connectivity index (χ0n) is 12.0. The molecule has 3 nitrogen and oxygen atoms in total. The van der Waals surface area contributed by atoms with Crippen LogP contribution in [0.25, 0.3) is 5.57 Å². The zero-order chi connectivity index (χ0) is 14.2. The number of hydrogen-bond donors (Lipinski definition) is 0. The van der Waals surface area contributed by atoms with Crippen molar-refractivity contribution in [3.63, 3.8) is 0 Å². The highest BCUT2D eigenvalue weighted by atomic mass is 16.2. The van der Waals surface area contributed by atoms with Crippen molar-refractivity contribution in [2.75, 3.05) is 4.90 Å². The second-order valence-corrected chi connectivity index (χ2v) is 5.22. The number of nitrogens with zero attached hydrogens (tertiary/aromatic N) is 2. The highest BCUT2D eigenvalue weighted by Gasteiger charge is 2.37. The zero-order valence-corrected chi connectivity index (χ0v) is 12.0. The van der Waals surface area contributed by atoms with Crippen molar-refractivity contribution in [2.24, 2.45) is 4.99 Å². The van der Waals surface area contributed by atoms with Crippen LogP contribution in [0, 0.1) is 0 Å². The molecule has 1 aromatic rings. The van der Waals surface area contributed by atoms with E-state index in [-0.39, 0.29) is 11.4 Å². The Labute approximate surface area is 114 Å². The minimum atomic E-state index is -0.275. The summed E-state index contributed by atoms with van der Waals surface area (Å²) in [4.78, 5) is 18.0. The first-order chi connectivity index (χ1) is 8.94. The van der Waals surface area contributed by atoms with Crippen LogP contribution in [-0.4, -0.2) is 18.2 Å². The third kappa shape index (κ3) is 1.99. The Morgan fingerprint density at radius 2 is 2.16 bits per heavy atom. The lowest BCUT2D eigenvalue weighted by Gasteiger charge is -2.43. The van der Waals surface area contributed by atoms with E-state index in [2.05, 4.69) is 38.6 Å². The van der Waals surface area contributed by atoms with Crippen LogP contribution in [0.2, 0.25) is 0 Å². The number of carbonyl (C=O) groups excluding carboxylic acids is 1. The molecule has 1 unspecified atom stereocenters. The third-order valence-electron chi connectivity index (χ3n) is 3.90. The largest absolute Gasteiger partial charge is 0.303 e. The Balaban J connectivity index is 2.77. The van der Waals surface area contributed by atoms with Crippen molar-refractivity contribution in [1.29, 1.82) is 0 Å². The molecular weight excluding hydrogens is 236 g/mol. The van der Waals surface area contributed by atoms with Crippen LogP contribution >= 0.6 is 0 Å². The number of anilines is 1. The summed E-state index contributed by atoms with van der Waals surface area (Å²) in [5.41, 5.74) is 3.65. The van der Waals surface area contributed by atoms with Gasteiger partial charge in [0.05, 0.1) is 16.9 Å². The third-order valence-corrected chi connectivity index (χ3v) is 3.90. The molecule has 1 aliphatic heterocycles. The number of benzene rings is 1. The quantitative estimate of drug-likeness (QED) is 0.737. The van der Waals surface area contributed by atoms with Crippen molar-refractivity contribution in [3.8, 4) is 0 Å². The van der Waals surface area contributed by atoms with Gasteiger partial charge in [0.15, 0.2) is 0 Å². The van der Waals surface area contributed by atoms with E-state index in [4.69, 9.17) is 0 Å². The predicted octanol–water partition coefficient (Wildman–Crippen LogP) is 3.96. The van der Waals surface area contributed by atoms with Gasteiger partial charge < -0.3 is 4.90 Å².